The van der Waals surface area contributed by atoms with E-state index in [1.54, 1.807) is 0 Å². The van der Waals surface area contributed by atoms with Crippen molar-refractivity contribution in [3.8, 4) is 0 Å². The monoisotopic (exact) mass is 329 g/mol. The highest BCUT2D eigenvalue weighted by Gasteiger charge is 2.46. The van der Waals surface area contributed by atoms with Crippen molar-refractivity contribution in [2.45, 2.75) is 57.7 Å². The van der Waals surface area contributed by atoms with Crippen molar-refractivity contribution in [3.63, 3.8) is 0 Å². The fraction of sp³-hybridized carbons (Fsp3) is 0.500. The van der Waals surface area contributed by atoms with Gasteiger partial charge in [-0.25, -0.2) is 0 Å². The lowest BCUT2D eigenvalue weighted by Crippen LogP contribution is -2.62. The number of hydrogen-bond donors (Lipinski definition) is 2. The fourth-order valence-electron chi connectivity index (χ4n) is 4.20. The van der Waals surface area contributed by atoms with E-state index in [0.717, 1.165) is 0 Å². The van der Waals surface area contributed by atoms with Gasteiger partial charge in [-0.3, -0.25) is 19.3 Å². The number of carbonyl (C=O) groups is 3. The quantitative estimate of drug-likeness (QED) is 0.808. The number of nitrogens with one attached hydrogen (secondary N) is 1. The zero-order valence-electron chi connectivity index (χ0n) is 14.5. The summed E-state index contributed by atoms with van der Waals surface area (Å²) in [5, 5.41) is 3.55. The summed E-state index contributed by atoms with van der Waals surface area (Å²) in [6.45, 7) is 8.29. The van der Waals surface area contributed by atoms with Crippen molar-refractivity contribution in [1.29, 1.82) is 0 Å². The summed E-state index contributed by atoms with van der Waals surface area (Å²) >= 11 is 0. The molecule has 1 aromatic carbocycles. The van der Waals surface area contributed by atoms with Gasteiger partial charge in [0.15, 0.2) is 0 Å². The number of amides is 3. The van der Waals surface area contributed by atoms with Crippen molar-refractivity contribution in [2.75, 3.05) is 0 Å². The third-order valence-electron chi connectivity index (χ3n) is 4.74. The molecule has 0 bridgehead atoms. The first kappa shape index (κ1) is 16.6. The molecular weight excluding hydrogens is 306 g/mol. The van der Waals surface area contributed by atoms with E-state index in [2.05, 4.69) is 33.0 Å². The number of piperidine rings is 1. The lowest BCUT2D eigenvalue weighted by Gasteiger charge is -2.48. The van der Waals surface area contributed by atoms with Crippen LogP contribution in [0.5, 0.6) is 0 Å². The molecule has 0 saturated carbocycles. The van der Waals surface area contributed by atoms with Gasteiger partial charge in [-0.2, -0.15) is 0 Å². The molecule has 2 aliphatic heterocycles. The first-order valence-corrected chi connectivity index (χ1v) is 8.12. The SMILES string of the molecule is CC1(C)CC(N2C(=O)c3ccc(C(N)=O)cc3C2=O)CC(C)(C)N1. The van der Waals surface area contributed by atoms with E-state index in [9.17, 15) is 14.4 Å². The molecular formula is C18H23N3O3. The first-order valence-electron chi connectivity index (χ1n) is 8.12. The predicted octanol–water partition coefficient (Wildman–Crippen LogP) is 1.69. The van der Waals surface area contributed by atoms with E-state index < -0.39 is 5.91 Å². The van der Waals surface area contributed by atoms with Gasteiger partial charge in [0.1, 0.15) is 0 Å². The second kappa shape index (κ2) is 5.14. The molecule has 0 aliphatic carbocycles. The summed E-state index contributed by atoms with van der Waals surface area (Å²) in [6.07, 6.45) is 1.37. The number of rotatable bonds is 2. The van der Waals surface area contributed by atoms with E-state index in [0.29, 0.717) is 18.4 Å². The molecule has 3 rings (SSSR count). The molecule has 6 nitrogen and oxygen atoms in total. The maximum Gasteiger partial charge on any atom is 0.261 e. The number of benzene rings is 1. The Balaban J connectivity index is 1.97. The maximum atomic E-state index is 12.8. The average molecular weight is 329 g/mol. The van der Waals surface area contributed by atoms with Crippen LogP contribution in [0, 0.1) is 0 Å². The maximum absolute atomic E-state index is 12.8. The van der Waals surface area contributed by atoms with Crippen molar-refractivity contribution in [3.05, 3.63) is 34.9 Å². The van der Waals surface area contributed by atoms with Crippen molar-refractivity contribution in [1.82, 2.24) is 10.2 Å². The molecule has 6 heteroatoms. The predicted molar refractivity (Wildman–Crippen MR) is 89.8 cm³/mol. The lowest BCUT2D eigenvalue weighted by atomic mass is 9.79. The van der Waals surface area contributed by atoms with E-state index in [1.165, 1.54) is 23.1 Å². The van der Waals surface area contributed by atoms with Crippen molar-refractivity contribution < 1.29 is 14.4 Å². The highest BCUT2D eigenvalue weighted by Crippen LogP contribution is 2.35. The van der Waals surface area contributed by atoms with Crippen LogP contribution in [0.25, 0.3) is 0 Å². The Labute approximate surface area is 141 Å². The average Bonchev–Trinajstić information content (AvgIpc) is 2.67. The van der Waals surface area contributed by atoms with Gasteiger partial charge in [-0.05, 0) is 58.7 Å². The minimum atomic E-state index is -0.611. The second-order valence-corrected chi connectivity index (χ2v) is 8.06. The van der Waals surface area contributed by atoms with Crippen LogP contribution in [-0.4, -0.2) is 39.7 Å². The van der Waals surface area contributed by atoms with Crippen LogP contribution in [0.4, 0.5) is 0 Å². The third-order valence-corrected chi connectivity index (χ3v) is 4.74. The standard InChI is InChI=1S/C18H23N3O3/c1-17(2)8-11(9-18(3,4)20-17)21-15(23)12-6-5-10(14(19)22)7-13(12)16(21)24/h5-7,11,20H,8-9H2,1-4H3,(H2,19,22). The zero-order chi connectivity index (χ0) is 17.9. The molecule has 0 aromatic heterocycles. The van der Waals surface area contributed by atoms with Crippen LogP contribution in [0.3, 0.4) is 0 Å². The Morgan fingerprint density at radius 1 is 1.08 bits per heavy atom. The highest BCUT2D eigenvalue weighted by molar-refractivity contribution is 6.22. The van der Waals surface area contributed by atoms with Gasteiger partial charge >= 0.3 is 0 Å². The molecule has 3 N–H and O–H groups in total. The lowest BCUT2D eigenvalue weighted by molar-refractivity contribution is 0.0412. The van der Waals surface area contributed by atoms with E-state index in [-0.39, 0.29) is 40.1 Å². The first-order chi connectivity index (χ1) is 11.0. The summed E-state index contributed by atoms with van der Waals surface area (Å²) in [5.74, 6) is -1.23. The minimum absolute atomic E-state index is 0.180. The van der Waals surface area contributed by atoms with E-state index >= 15 is 0 Å². The van der Waals surface area contributed by atoms with Crippen LogP contribution in [0.15, 0.2) is 18.2 Å². The van der Waals surface area contributed by atoms with E-state index in [4.69, 9.17) is 5.73 Å². The number of imide groups is 1. The van der Waals surface area contributed by atoms with Gasteiger partial charge in [0.05, 0.1) is 11.1 Å². The van der Waals surface area contributed by atoms with Crippen molar-refractivity contribution >= 4 is 17.7 Å². The molecule has 0 atom stereocenters. The molecule has 128 valence electrons. The molecule has 0 spiro atoms. The molecule has 2 aliphatic rings. The normalized spacial score (nSPS) is 22.6. The Bertz CT molecular complexity index is 736. The largest absolute Gasteiger partial charge is 0.366 e. The van der Waals surface area contributed by atoms with Gasteiger partial charge in [0.2, 0.25) is 5.91 Å². The Morgan fingerprint density at radius 3 is 2.17 bits per heavy atom. The fourth-order valence-corrected chi connectivity index (χ4v) is 4.20. The van der Waals surface area contributed by atoms with E-state index in [1.807, 2.05) is 0 Å². The van der Waals surface area contributed by atoms with Crippen LogP contribution in [-0.2, 0) is 0 Å². The third kappa shape index (κ3) is 2.71. The van der Waals surface area contributed by atoms with Gasteiger partial charge in [-0.15, -0.1) is 0 Å². The van der Waals surface area contributed by atoms with Crippen LogP contribution in [0.1, 0.15) is 71.6 Å². The number of hydrogen-bond acceptors (Lipinski definition) is 4. The molecule has 1 saturated heterocycles. The number of nitrogens with two attached hydrogens (primary N) is 1. The summed E-state index contributed by atoms with van der Waals surface area (Å²) in [5.41, 5.74) is 5.77. The van der Waals surface area contributed by atoms with Gasteiger partial charge in [0, 0.05) is 22.7 Å². The summed E-state index contributed by atoms with van der Waals surface area (Å²) in [7, 11) is 0. The Kier molecular flexibility index (Phi) is 3.57. The number of carbonyl (C=O) groups excluding carboxylic acids is 3. The molecule has 1 aromatic rings. The summed E-state index contributed by atoms with van der Waals surface area (Å²) < 4.78 is 0. The summed E-state index contributed by atoms with van der Waals surface area (Å²) in [4.78, 5) is 38.3. The summed E-state index contributed by atoms with van der Waals surface area (Å²) in [6, 6.07) is 4.26. The van der Waals surface area contributed by atoms with Crippen LogP contribution < -0.4 is 11.1 Å². The molecule has 0 radical (unpaired) electrons. The number of fused-ring (bicyclic) bond motifs is 1. The smallest absolute Gasteiger partial charge is 0.261 e. The van der Waals surface area contributed by atoms with Crippen LogP contribution in [0.2, 0.25) is 0 Å². The Hall–Kier alpha value is -2.21. The molecule has 0 unspecified atom stereocenters. The minimum Gasteiger partial charge on any atom is -0.366 e. The van der Waals surface area contributed by atoms with Crippen LogP contribution >= 0.6 is 0 Å². The van der Waals surface area contributed by atoms with Crippen molar-refractivity contribution in [2.24, 2.45) is 5.73 Å². The second-order valence-electron chi connectivity index (χ2n) is 8.06. The molecule has 2 heterocycles. The highest BCUT2D eigenvalue weighted by atomic mass is 16.2. The van der Waals surface area contributed by atoms with Gasteiger partial charge < -0.3 is 11.1 Å². The number of nitrogens with zero attached hydrogens (tertiary/aromatic N) is 1. The zero-order valence-corrected chi connectivity index (χ0v) is 14.5. The van der Waals surface area contributed by atoms with Gasteiger partial charge in [-0.1, -0.05) is 0 Å². The molecule has 1 fully saturated rings. The van der Waals surface area contributed by atoms with Gasteiger partial charge in [0.25, 0.3) is 11.8 Å². The Morgan fingerprint density at radius 2 is 1.62 bits per heavy atom. The topological polar surface area (TPSA) is 92.5 Å². The molecule has 24 heavy (non-hydrogen) atoms. The number of primary amides is 1. The molecule has 3 amide bonds.